The van der Waals surface area contributed by atoms with Crippen LogP contribution in [0.15, 0.2) is 60.7 Å². The van der Waals surface area contributed by atoms with Gasteiger partial charge >= 0.3 is 5.97 Å². The van der Waals surface area contributed by atoms with Crippen molar-refractivity contribution in [2.45, 2.75) is 45.4 Å². The largest absolute Gasteiger partial charge is 0.465 e. The van der Waals surface area contributed by atoms with E-state index in [2.05, 4.69) is 34.6 Å². The zero-order valence-electron chi connectivity index (χ0n) is 24.9. The number of piperazine rings is 1. The zero-order valence-corrected chi connectivity index (χ0v) is 25.6. The van der Waals surface area contributed by atoms with E-state index in [-0.39, 0.29) is 23.9 Å². The van der Waals surface area contributed by atoms with Crippen molar-refractivity contribution in [1.82, 2.24) is 19.4 Å². The molecule has 2 aliphatic heterocycles. The van der Waals surface area contributed by atoms with Crippen LogP contribution in [-0.4, -0.2) is 77.2 Å². The van der Waals surface area contributed by atoms with Gasteiger partial charge in [-0.3, -0.25) is 9.69 Å². The minimum atomic E-state index is -0.365. The van der Waals surface area contributed by atoms with E-state index in [4.69, 9.17) is 26.1 Å². The maximum Gasteiger partial charge on any atom is 0.337 e. The van der Waals surface area contributed by atoms with Gasteiger partial charge in [0.15, 0.2) is 0 Å². The second-order valence-electron chi connectivity index (χ2n) is 11.6. The first-order valence-electron chi connectivity index (χ1n) is 14.9. The molecule has 0 spiro atoms. The lowest BCUT2D eigenvalue weighted by atomic mass is 9.91. The molecule has 8 nitrogen and oxygen atoms in total. The minimum Gasteiger partial charge on any atom is -0.465 e. The first-order valence-corrected chi connectivity index (χ1v) is 15.2. The summed E-state index contributed by atoms with van der Waals surface area (Å²) >= 11 is 6.55. The van der Waals surface area contributed by atoms with E-state index < -0.39 is 0 Å². The van der Waals surface area contributed by atoms with Crippen molar-refractivity contribution in [3.8, 4) is 0 Å². The third-order valence-electron chi connectivity index (χ3n) is 8.71. The highest BCUT2D eigenvalue weighted by Crippen LogP contribution is 2.31. The highest BCUT2D eigenvalue weighted by molar-refractivity contribution is 6.31. The molecule has 224 valence electrons. The monoisotopic (exact) mass is 600 g/mol. The zero-order chi connectivity index (χ0) is 30.1. The number of fused-ring (bicyclic) bond motifs is 1. The van der Waals surface area contributed by atoms with Crippen LogP contribution in [-0.2, 0) is 22.6 Å². The van der Waals surface area contributed by atoms with Crippen LogP contribution in [0.3, 0.4) is 0 Å². The van der Waals surface area contributed by atoms with Gasteiger partial charge in [-0.25, -0.2) is 9.78 Å². The van der Waals surface area contributed by atoms with Crippen molar-refractivity contribution >= 4 is 34.5 Å². The summed E-state index contributed by atoms with van der Waals surface area (Å²) in [5.74, 6) is 0.693. The summed E-state index contributed by atoms with van der Waals surface area (Å²) in [5, 5.41) is 0.748. The molecule has 0 aliphatic carbocycles. The normalized spacial score (nSPS) is 18.0. The van der Waals surface area contributed by atoms with Gasteiger partial charge < -0.3 is 18.9 Å². The van der Waals surface area contributed by atoms with E-state index in [1.165, 1.54) is 7.11 Å². The van der Waals surface area contributed by atoms with E-state index in [0.717, 1.165) is 64.7 Å². The van der Waals surface area contributed by atoms with Crippen molar-refractivity contribution in [3.63, 3.8) is 0 Å². The fourth-order valence-corrected chi connectivity index (χ4v) is 6.37. The van der Waals surface area contributed by atoms with Gasteiger partial charge in [-0.2, -0.15) is 0 Å². The lowest BCUT2D eigenvalue weighted by molar-refractivity contribution is -0.0592. The molecule has 2 aliphatic rings. The molecule has 1 amide bonds. The molecule has 3 aromatic carbocycles. The summed E-state index contributed by atoms with van der Waals surface area (Å²) in [6.07, 6.45) is 1.15. The number of halogens is 1. The van der Waals surface area contributed by atoms with Crippen molar-refractivity contribution in [3.05, 3.63) is 99.3 Å². The summed E-state index contributed by atoms with van der Waals surface area (Å²) in [6, 6.07) is 19.5. The molecule has 1 unspecified atom stereocenters. The third-order valence-corrected chi connectivity index (χ3v) is 9.04. The Bertz CT molecular complexity index is 1660. The molecule has 0 radical (unpaired) electrons. The van der Waals surface area contributed by atoms with Crippen LogP contribution >= 0.6 is 11.6 Å². The molecule has 2 atom stereocenters. The van der Waals surface area contributed by atoms with E-state index in [0.29, 0.717) is 37.3 Å². The molecular formula is C34H37ClN4O4. The number of methoxy groups -OCH3 is 1. The van der Waals surface area contributed by atoms with Gasteiger partial charge in [0, 0.05) is 49.3 Å². The molecular weight excluding hydrogens is 564 g/mol. The quantitative estimate of drug-likeness (QED) is 0.242. The van der Waals surface area contributed by atoms with E-state index >= 15 is 0 Å². The third kappa shape index (κ3) is 6.18. The summed E-state index contributed by atoms with van der Waals surface area (Å²) in [4.78, 5) is 34.9. The number of hydrogen-bond acceptors (Lipinski definition) is 6. The van der Waals surface area contributed by atoms with E-state index in [1.54, 1.807) is 6.07 Å². The van der Waals surface area contributed by atoms with Gasteiger partial charge in [0.2, 0.25) is 0 Å². The van der Waals surface area contributed by atoms with Crippen LogP contribution < -0.4 is 0 Å². The average molecular weight is 601 g/mol. The van der Waals surface area contributed by atoms with Crippen LogP contribution in [0.2, 0.25) is 5.02 Å². The van der Waals surface area contributed by atoms with Gasteiger partial charge in [0.1, 0.15) is 5.82 Å². The number of rotatable bonds is 8. The molecule has 2 saturated heterocycles. The summed E-state index contributed by atoms with van der Waals surface area (Å²) < 4.78 is 12.8. The van der Waals surface area contributed by atoms with Gasteiger partial charge in [-0.1, -0.05) is 42.8 Å². The number of hydrogen-bond donors (Lipinski definition) is 0. The summed E-state index contributed by atoms with van der Waals surface area (Å²) in [6.45, 7) is 9.05. The average Bonchev–Trinajstić information content (AvgIpc) is 3.34. The van der Waals surface area contributed by atoms with Crippen molar-refractivity contribution in [2.24, 2.45) is 0 Å². The Morgan fingerprint density at radius 1 is 1.05 bits per heavy atom. The second-order valence-corrected chi connectivity index (χ2v) is 12.0. The predicted molar refractivity (Wildman–Crippen MR) is 167 cm³/mol. The Kier molecular flexibility index (Phi) is 8.52. The van der Waals surface area contributed by atoms with Crippen LogP contribution in [0.5, 0.6) is 0 Å². The molecule has 9 heteroatoms. The SMILES string of the molecule is COC(=O)c1ccc2nc(CN3CCN(C(=O)c4cccc(C(C)c5ccc(C)cc5Cl)c4)CC3)n(C[C@@H]3CCO3)c2c1. The Balaban J connectivity index is 1.14. The first-order chi connectivity index (χ1) is 20.8. The molecule has 3 heterocycles. The molecule has 0 N–H and O–H groups in total. The number of aromatic nitrogens is 2. The first kappa shape index (κ1) is 29.4. The molecule has 0 bridgehead atoms. The smallest absolute Gasteiger partial charge is 0.337 e. The summed E-state index contributed by atoms with van der Waals surface area (Å²) in [7, 11) is 1.39. The lowest BCUT2D eigenvalue weighted by Crippen LogP contribution is -2.48. The van der Waals surface area contributed by atoms with E-state index in [9.17, 15) is 9.59 Å². The molecule has 1 aromatic heterocycles. The van der Waals surface area contributed by atoms with Crippen LogP contribution in [0.1, 0.15) is 62.5 Å². The maximum atomic E-state index is 13.5. The van der Waals surface area contributed by atoms with Crippen LogP contribution in [0.4, 0.5) is 0 Å². The fourth-order valence-electron chi connectivity index (χ4n) is 5.97. The lowest BCUT2D eigenvalue weighted by Gasteiger charge is -2.35. The highest BCUT2D eigenvalue weighted by Gasteiger charge is 2.26. The van der Waals surface area contributed by atoms with Crippen molar-refractivity contribution in [1.29, 1.82) is 0 Å². The number of nitrogens with zero attached hydrogens (tertiary/aromatic N) is 4. The fraction of sp³-hybridized carbons (Fsp3) is 0.382. The minimum absolute atomic E-state index is 0.0495. The van der Waals surface area contributed by atoms with Crippen LogP contribution in [0, 0.1) is 6.92 Å². The van der Waals surface area contributed by atoms with E-state index in [1.807, 2.05) is 48.2 Å². The Morgan fingerprint density at radius 3 is 2.53 bits per heavy atom. The number of amides is 1. The second kappa shape index (κ2) is 12.5. The van der Waals surface area contributed by atoms with Gasteiger partial charge in [-0.05, 0) is 66.4 Å². The Labute approximate surface area is 257 Å². The number of aryl methyl sites for hydroxylation is 1. The Morgan fingerprint density at radius 2 is 1.84 bits per heavy atom. The predicted octanol–water partition coefficient (Wildman–Crippen LogP) is 5.68. The van der Waals surface area contributed by atoms with Gasteiger partial charge in [0.25, 0.3) is 5.91 Å². The molecule has 4 aromatic rings. The van der Waals surface area contributed by atoms with Crippen molar-refractivity contribution < 1.29 is 19.1 Å². The number of imidazole rings is 1. The molecule has 43 heavy (non-hydrogen) atoms. The number of carbonyl (C=O) groups is 2. The number of carbonyl (C=O) groups excluding carboxylic acids is 2. The Hall–Kier alpha value is -3.72. The highest BCUT2D eigenvalue weighted by atomic mass is 35.5. The van der Waals surface area contributed by atoms with Gasteiger partial charge in [0.05, 0.1) is 42.9 Å². The number of ether oxygens (including phenoxy) is 2. The topological polar surface area (TPSA) is 76.9 Å². The number of esters is 1. The summed E-state index contributed by atoms with van der Waals surface area (Å²) in [5.41, 5.74) is 6.21. The van der Waals surface area contributed by atoms with Crippen molar-refractivity contribution in [2.75, 3.05) is 39.9 Å². The maximum absolute atomic E-state index is 13.5. The standard InChI is InChI=1S/C34H37ClN4O4/c1-22-7-9-28(29(35)17-22)23(2)24-5-4-6-25(18-24)33(40)38-14-12-37(13-15-38)21-32-36-30-10-8-26(34(41)42-3)19-31(30)39(32)20-27-11-16-43-27/h4-10,17-19,23,27H,11-16,20-21H2,1-3H3/t23?,27-/m0/s1. The molecule has 0 saturated carbocycles. The molecule has 6 rings (SSSR count). The molecule has 2 fully saturated rings. The van der Waals surface area contributed by atoms with Crippen LogP contribution in [0.25, 0.3) is 11.0 Å². The number of benzene rings is 3. The van der Waals surface area contributed by atoms with Gasteiger partial charge in [-0.15, -0.1) is 0 Å².